The number of amides is 1. The van der Waals surface area contributed by atoms with Crippen LogP contribution in [0.2, 0.25) is 0 Å². The van der Waals surface area contributed by atoms with Crippen molar-refractivity contribution in [1.82, 2.24) is 5.32 Å². The van der Waals surface area contributed by atoms with Crippen molar-refractivity contribution in [2.75, 3.05) is 20.8 Å². The van der Waals surface area contributed by atoms with Gasteiger partial charge in [-0.3, -0.25) is 4.79 Å². The molecule has 17 heavy (non-hydrogen) atoms. The zero-order valence-electron chi connectivity index (χ0n) is 10.9. The lowest BCUT2D eigenvalue weighted by atomic mass is 10.2. The van der Waals surface area contributed by atoms with Crippen molar-refractivity contribution < 1.29 is 9.28 Å². The van der Waals surface area contributed by atoms with E-state index in [0.717, 1.165) is 6.54 Å². The third-order valence-corrected chi connectivity index (χ3v) is 2.51. The van der Waals surface area contributed by atoms with Crippen molar-refractivity contribution in [1.29, 1.82) is 0 Å². The average molecular weight is 233 g/mol. The first-order valence-electron chi connectivity index (χ1n) is 5.70. The minimum absolute atomic E-state index is 0.0794. The van der Waals surface area contributed by atoms with Crippen LogP contribution in [-0.4, -0.2) is 31.2 Å². The molecule has 1 aromatic rings. The Labute approximate surface area is 103 Å². The van der Waals surface area contributed by atoms with Gasteiger partial charge in [0.15, 0.2) is 6.67 Å². The summed E-state index contributed by atoms with van der Waals surface area (Å²) in [4.78, 5) is 11.4. The van der Waals surface area contributed by atoms with Gasteiger partial charge >= 0.3 is 0 Å². The average Bonchev–Trinajstić information content (AvgIpc) is 2.26. The fourth-order valence-corrected chi connectivity index (χ4v) is 1.57. The van der Waals surface area contributed by atoms with Gasteiger partial charge in [0.2, 0.25) is 0 Å². The van der Waals surface area contributed by atoms with Crippen molar-refractivity contribution >= 4 is 5.91 Å². The van der Waals surface area contributed by atoms with E-state index in [-0.39, 0.29) is 5.91 Å². The summed E-state index contributed by atoms with van der Waals surface area (Å²) in [6.45, 7) is 6.82. The van der Waals surface area contributed by atoms with Crippen LogP contribution in [0.5, 0.6) is 0 Å². The first-order chi connectivity index (χ1) is 7.91. The number of carbonyl (C=O) groups is 1. The number of hydrogen-bond acceptors (Lipinski definition) is 1. The predicted octanol–water partition coefficient (Wildman–Crippen LogP) is 1.91. The van der Waals surface area contributed by atoms with E-state index in [1.807, 2.05) is 18.2 Å². The summed E-state index contributed by atoms with van der Waals surface area (Å²) in [5, 5.41) is 2.88. The van der Waals surface area contributed by atoms with Crippen LogP contribution in [0.1, 0.15) is 12.5 Å². The lowest BCUT2D eigenvalue weighted by Crippen LogP contribution is -2.47. The summed E-state index contributed by atoms with van der Waals surface area (Å²) in [7, 11) is 4.18. The molecule has 1 amide bonds. The van der Waals surface area contributed by atoms with Crippen molar-refractivity contribution in [2.24, 2.45) is 0 Å². The Balaban J connectivity index is 2.52. The van der Waals surface area contributed by atoms with E-state index in [1.54, 1.807) is 6.92 Å². The molecule has 0 aromatic heterocycles. The second kappa shape index (κ2) is 5.64. The molecule has 3 heteroatoms. The van der Waals surface area contributed by atoms with E-state index in [4.69, 9.17) is 0 Å². The van der Waals surface area contributed by atoms with Crippen LogP contribution >= 0.6 is 0 Å². The van der Waals surface area contributed by atoms with Crippen LogP contribution in [0, 0.1) is 0 Å². The third-order valence-electron chi connectivity index (χ3n) is 2.51. The zero-order valence-corrected chi connectivity index (χ0v) is 10.9. The first kappa shape index (κ1) is 13.5. The smallest absolute Gasteiger partial charge is 0.250 e. The van der Waals surface area contributed by atoms with Gasteiger partial charge in [-0.15, -0.1) is 0 Å². The summed E-state index contributed by atoms with van der Waals surface area (Å²) in [5.74, 6) is -0.0794. The molecule has 0 unspecified atom stereocenters. The first-order valence-corrected chi connectivity index (χ1v) is 5.70. The van der Waals surface area contributed by atoms with Gasteiger partial charge in [0.1, 0.15) is 6.54 Å². The van der Waals surface area contributed by atoms with E-state index in [2.05, 4.69) is 38.1 Å². The quantitative estimate of drug-likeness (QED) is 0.470. The molecule has 0 saturated carbocycles. The number of nitrogens with zero attached hydrogens (tertiary/aromatic N) is 1. The molecule has 0 atom stereocenters. The fraction of sp³-hybridized carbons (Fsp3) is 0.357. The number of quaternary nitrogens is 1. The molecule has 3 nitrogen and oxygen atoms in total. The molecular formula is C14H21N2O+. The zero-order chi connectivity index (χ0) is 12.9. The van der Waals surface area contributed by atoms with E-state index in [9.17, 15) is 4.79 Å². The summed E-state index contributed by atoms with van der Waals surface area (Å²) in [6, 6.07) is 10.3. The highest BCUT2D eigenvalue weighted by Gasteiger charge is 2.16. The summed E-state index contributed by atoms with van der Waals surface area (Å²) < 4.78 is 0.711. The van der Waals surface area contributed by atoms with Gasteiger partial charge < -0.3 is 9.80 Å². The van der Waals surface area contributed by atoms with Crippen LogP contribution in [0.25, 0.3) is 0 Å². The SMILES string of the molecule is C=C(C)C(=O)NC[N+](C)(C)Cc1ccccc1. The van der Waals surface area contributed by atoms with E-state index >= 15 is 0 Å². The Hall–Kier alpha value is -1.61. The molecule has 0 aliphatic carbocycles. The van der Waals surface area contributed by atoms with E-state index in [0.29, 0.717) is 16.7 Å². The number of carbonyl (C=O) groups excluding carboxylic acids is 1. The summed E-state index contributed by atoms with van der Waals surface area (Å²) in [5.41, 5.74) is 1.81. The highest BCUT2D eigenvalue weighted by molar-refractivity contribution is 5.91. The maximum atomic E-state index is 11.4. The van der Waals surface area contributed by atoms with Gasteiger partial charge in [-0.2, -0.15) is 0 Å². The number of hydrogen-bond donors (Lipinski definition) is 1. The Morgan fingerprint density at radius 2 is 1.88 bits per heavy atom. The van der Waals surface area contributed by atoms with Gasteiger partial charge in [-0.25, -0.2) is 0 Å². The normalized spacial score (nSPS) is 11.0. The standard InChI is InChI=1S/C14H20N2O/c1-12(2)14(17)15-11-16(3,4)10-13-8-6-5-7-9-13/h5-9H,1,10-11H2,2-4H3/p+1. The molecule has 1 rings (SSSR count). The molecule has 0 spiro atoms. The topological polar surface area (TPSA) is 29.1 Å². The van der Waals surface area contributed by atoms with Gasteiger partial charge in [0, 0.05) is 11.1 Å². The Bertz CT molecular complexity index is 396. The summed E-state index contributed by atoms with van der Waals surface area (Å²) >= 11 is 0. The molecular weight excluding hydrogens is 212 g/mol. The molecule has 0 aliphatic rings. The van der Waals surface area contributed by atoms with Crippen LogP contribution in [-0.2, 0) is 11.3 Å². The van der Waals surface area contributed by atoms with Crippen molar-refractivity contribution in [3.05, 3.63) is 48.0 Å². The van der Waals surface area contributed by atoms with Crippen LogP contribution < -0.4 is 5.32 Å². The molecule has 0 aliphatic heterocycles. The van der Waals surface area contributed by atoms with Crippen molar-refractivity contribution in [3.63, 3.8) is 0 Å². The predicted molar refractivity (Wildman–Crippen MR) is 70.1 cm³/mol. The lowest BCUT2D eigenvalue weighted by Gasteiger charge is -2.29. The highest BCUT2D eigenvalue weighted by Crippen LogP contribution is 2.07. The number of nitrogens with one attached hydrogen (secondary N) is 1. The van der Waals surface area contributed by atoms with Crippen molar-refractivity contribution in [2.45, 2.75) is 13.5 Å². The molecule has 1 N–H and O–H groups in total. The molecule has 0 heterocycles. The fourth-order valence-electron chi connectivity index (χ4n) is 1.57. The molecule has 0 bridgehead atoms. The third kappa shape index (κ3) is 4.83. The van der Waals surface area contributed by atoms with Crippen molar-refractivity contribution in [3.8, 4) is 0 Å². The highest BCUT2D eigenvalue weighted by atomic mass is 16.1. The maximum Gasteiger partial charge on any atom is 0.250 e. The largest absolute Gasteiger partial charge is 0.308 e. The Kier molecular flexibility index (Phi) is 4.46. The van der Waals surface area contributed by atoms with Gasteiger partial charge in [-0.1, -0.05) is 36.9 Å². The van der Waals surface area contributed by atoms with Crippen LogP contribution in [0.15, 0.2) is 42.5 Å². The lowest BCUT2D eigenvalue weighted by molar-refractivity contribution is -0.905. The second-order valence-electron chi connectivity index (χ2n) is 5.02. The van der Waals surface area contributed by atoms with Crippen LogP contribution in [0.3, 0.4) is 0 Å². The van der Waals surface area contributed by atoms with E-state index < -0.39 is 0 Å². The Morgan fingerprint density at radius 3 is 2.41 bits per heavy atom. The molecule has 0 radical (unpaired) electrons. The number of benzene rings is 1. The second-order valence-corrected chi connectivity index (χ2v) is 5.02. The minimum Gasteiger partial charge on any atom is -0.308 e. The van der Waals surface area contributed by atoms with Gasteiger partial charge in [-0.05, 0) is 6.92 Å². The molecule has 92 valence electrons. The van der Waals surface area contributed by atoms with E-state index in [1.165, 1.54) is 5.56 Å². The molecule has 1 aromatic carbocycles. The van der Waals surface area contributed by atoms with Gasteiger partial charge in [0.25, 0.3) is 5.91 Å². The minimum atomic E-state index is -0.0794. The Morgan fingerprint density at radius 1 is 1.29 bits per heavy atom. The molecule has 0 saturated heterocycles. The molecule has 0 fully saturated rings. The number of rotatable bonds is 5. The maximum absolute atomic E-state index is 11.4. The van der Waals surface area contributed by atoms with Gasteiger partial charge in [0.05, 0.1) is 14.1 Å². The van der Waals surface area contributed by atoms with Crippen LogP contribution in [0.4, 0.5) is 0 Å². The monoisotopic (exact) mass is 233 g/mol. The summed E-state index contributed by atoms with van der Waals surface area (Å²) in [6.07, 6.45) is 0.